The lowest BCUT2D eigenvalue weighted by Crippen LogP contribution is -2.55. The molecule has 1 aromatic carbocycles. The lowest BCUT2D eigenvalue weighted by atomic mass is 10.0. The molecule has 1 aromatic rings. The second-order valence-electron chi connectivity index (χ2n) is 6.89. The van der Waals surface area contributed by atoms with E-state index in [0.717, 1.165) is 50.5 Å². The SMILES string of the molecule is O=C(Nc1ccc(N2CCOCC2)cc1)C1CN(S(=O)(=O)C2CC2)C1. The van der Waals surface area contributed by atoms with Crippen molar-refractivity contribution in [1.82, 2.24) is 4.31 Å². The van der Waals surface area contributed by atoms with Crippen molar-refractivity contribution in [2.24, 2.45) is 5.92 Å². The van der Waals surface area contributed by atoms with Crippen LogP contribution in [0.4, 0.5) is 11.4 Å². The Morgan fingerprint density at radius 3 is 2.32 bits per heavy atom. The van der Waals surface area contributed by atoms with E-state index in [1.165, 1.54) is 4.31 Å². The predicted octanol–water partition coefficient (Wildman–Crippen LogP) is 0.886. The number of benzene rings is 1. The van der Waals surface area contributed by atoms with Crippen LogP contribution in [0, 0.1) is 5.92 Å². The van der Waals surface area contributed by atoms with E-state index in [1.807, 2.05) is 24.3 Å². The zero-order chi connectivity index (χ0) is 17.4. The molecule has 1 aliphatic carbocycles. The van der Waals surface area contributed by atoms with E-state index in [1.54, 1.807) is 0 Å². The summed E-state index contributed by atoms with van der Waals surface area (Å²) >= 11 is 0. The maximum Gasteiger partial charge on any atom is 0.230 e. The fraction of sp³-hybridized carbons (Fsp3) is 0.588. The summed E-state index contributed by atoms with van der Waals surface area (Å²) in [5, 5.41) is 2.68. The molecular formula is C17H23N3O4S. The first-order chi connectivity index (χ1) is 12.0. The third kappa shape index (κ3) is 3.51. The summed E-state index contributed by atoms with van der Waals surface area (Å²) < 4.78 is 30.9. The molecule has 8 heteroatoms. The maximum absolute atomic E-state index is 12.3. The Bertz CT molecular complexity index is 734. The van der Waals surface area contributed by atoms with Crippen LogP contribution in [0.2, 0.25) is 0 Å². The summed E-state index contributed by atoms with van der Waals surface area (Å²) in [6.45, 7) is 3.83. The molecule has 2 heterocycles. The number of ether oxygens (including phenoxy) is 1. The first-order valence-electron chi connectivity index (χ1n) is 8.76. The number of carbonyl (C=O) groups excluding carboxylic acids is 1. The van der Waals surface area contributed by atoms with E-state index in [-0.39, 0.29) is 17.1 Å². The molecule has 0 unspecified atom stereocenters. The molecule has 1 saturated carbocycles. The molecule has 1 N–H and O–H groups in total. The van der Waals surface area contributed by atoms with Crippen LogP contribution in [0.1, 0.15) is 12.8 Å². The number of rotatable bonds is 5. The van der Waals surface area contributed by atoms with Gasteiger partial charge in [0.15, 0.2) is 0 Å². The van der Waals surface area contributed by atoms with Gasteiger partial charge >= 0.3 is 0 Å². The molecular weight excluding hydrogens is 342 g/mol. The molecule has 2 aliphatic heterocycles. The molecule has 0 bridgehead atoms. The fourth-order valence-electron chi connectivity index (χ4n) is 3.21. The third-order valence-electron chi connectivity index (χ3n) is 5.04. The minimum absolute atomic E-state index is 0.110. The van der Waals surface area contributed by atoms with Crippen molar-refractivity contribution < 1.29 is 17.9 Å². The first-order valence-corrected chi connectivity index (χ1v) is 10.3. The van der Waals surface area contributed by atoms with Gasteiger partial charge in [-0.05, 0) is 37.1 Å². The molecule has 7 nitrogen and oxygen atoms in total. The molecule has 0 aromatic heterocycles. The highest BCUT2D eigenvalue weighted by Crippen LogP contribution is 2.34. The van der Waals surface area contributed by atoms with E-state index in [0.29, 0.717) is 13.1 Å². The minimum Gasteiger partial charge on any atom is -0.378 e. The number of anilines is 2. The maximum atomic E-state index is 12.3. The van der Waals surface area contributed by atoms with Gasteiger partial charge < -0.3 is 15.0 Å². The van der Waals surface area contributed by atoms with E-state index in [2.05, 4.69) is 10.2 Å². The number of sulfonamides is 1. The van der Waals surface area contributed by atoms with E-state index < -0.39 is 10.0 Å². The number of nitrogens with one attached hydrogen (secondary N) is 1. The van der Waals surface area contributed by atoms with Crippen molar-refractivity contribution in [2.75, 3.05) is 49.6 Å². The quantitative estimate of drug-likeness (QED) is 0.838. The van der Waals surface area contributed by atoms with Crippen molar-refractivity contribution in [1.29, 1.82) is 0 Å². The lowest BCUT2D eigenvalue weighted by molar-refractivity contribution is -0.122. The van der Waals surface area contributed by atoms with Gasteiger partial charge in [0.05, 0.1) is 24.4 Å². The Balaban J connectivity index is 1.29. The van der Waals surface area contributed by atoms with Crippen molar-refractivity contribution in [3.05, 3.63) is 24.3 Å². The molecule has 1 amide bonds. The van der Waals surface area contributed by atoms with E-state index in [4.69, 9.17) is 4.74 Å². The number of hydrogen-bond donors (Lipinski definition) is 1. The Morgan fingerprint density at radius 1 is 1.08 bits per heavy atom. The largest absolute Gasteiger partial charge is 0.378 e. The van der Waals surface area contributed by atoms with Crippen LogP contribution < -0.4 is 10.2 Å². The highest BCUT2D eigenvalue weighted by molar-refractivity contribution is 7.90. The van der Waals surface area contributed by atoms with Gasteiger partial charge in [0.1, 0.15) is 0 Å². The van der Waals surface area contributed by atoms with Gasteiger partial charge in [0, 0.05) is 37.6 Å². The summed E-state index contributed by atoms with van der Waals surface area (Å²) in [4.78, 5) is 14.5. The molecule has 0 radical (unpaired) electrons. The van der Waals surface area contributed by atoms with Gasteiger partial charge in [0.2, 0.25) is 15.9 Å². The van der Waals surface area contributed by atoms with Gasteiger partial charge in [0.25, 0.3) is 0 Å². The molecule has 0 atom stereocenters. The average Bonchev–Trinajstić information content (AvgIpc) is 3.40. The van der Waals surface area contributed by atoms with Crippen molar-refractivity contribution in [3.63, 3.8) is 0 Å². The Kier molecular flexibility index (Phi) is 4.43. The Hall–Kier alpha value is -1.64. The Labute approximate surface area is 148 Å². The summed E-state index contributed by atoms with van der Waals surface area (Å²) in [7, 11) is -3.15. The highest BCUT2D eigenvalue weighted by atomic mass is 32.2. The van der Waals surface area contributed by atoms with E-state index >= 15 is 0 Å². The molecule has 25 heavy (non-hydrogen) atoms. The average molecular weight is 365 g/mol. The smallest absolute Gasteiger partial charge is 0.230 e. The first kappa shape index (κ1) is 16.8. The van der Waals surface area contributed by atoms with Crippen LogP contribution in [-0.4, -0.2) is 63.3 Å². The number of carbonyl (C=O) groups is 1. The molecule has 136 valence electrons. The number of nitrogens with zero attached hydrogens (tertiary/aromatic N) is 2. The van der Waals surface area contributed by atoms with Crippen molar-refractivity contribution in [3.8, 4) is 0 Å². The van der Waals surface area contributed by atoms with Gasteiger partial charge in [-0.25, -0.2) is 8.42 Å². The van der Waals surface area contributed by atoms with Gasteiger partial charge in [-0.15, -0.1) is 0 Å². The number of morpholine rings is 1. The molecule has 4 rings (SSSR count). The molecule has 3 aliphatic rings. The normalized spacial score (nSPS) is 22.5. The van der Waals surface area contributed by atoms with Crippen LogP contribution in [0.5, 0.6) is 0 Å². The van der Waals surface area contributed by atoms with Gasteiger partial charge in [-0.2, -0.15) is 4.31 Å². The Morgan fingerprint density at radius 2 is 1.72 bits per heavy atom. The predicted molar refractivity (Wildman–Crippen MR) is 95.1 cm³/mol. The fourth-order valence-corrected chi connectivity index (χ4v) is 5.14. The summed E-state index contributed by atoms with van der Waals surface area (Å²) in [6, 6.07) is 7.76. The third-order valence-corrected chi connectivity index (χ3v) is 7.37. The molecule has 0 spiro atoms. The zero-order valence-electron chi connectivity index (χ0n) is 14.1. The summed E-state index contributed by atoms with van der Waals surface area (Å²) in [5.74, 6) is -0.367. The van der Waals surface area contributed by atoms with E-state index in [9.17, 15) is 13.2 Å². The molecule has 2 saturated heterocycles. The topological polar surface area (TPSA) is 79.0 Å². The van der Waals surface area contributed by atoms with Gasteiger partial charge in [-0.1, -0.05) is 0 Å². The van der Waals surface area contributed by atoms with Gasteiger partial charge in [-0.3, -0.25) is 4.79 Å². The van der Waals surface area contributed by atoms with Crippen LogP contribution in [0.15, 0.2) is 24.3 Å². The monoisotopic (exact) mass is 365 g/mol. The molecule has 3 fully saturated rings. The highest BCUT2D eigenvalue weighted by Gasteiger charge is 2.46. The van der Waals surface area contributed by atoms with Crippen LogP contribution in [-0.2, 0) is 19.6 Å². The van der Waals surface area contributed by atoms with Crippen molar-refractivity contribution in [2.45, 2.75) is 18.1 Å². The zero-order valence-corrected chi connectivity index (χ0v) is 14.9. The minimum atomic E-state index is -3.15. The number of amides is 1. The second-order valence-corrected chi connectivity index (χ2v) is 9.11. The summed E-state index contributed by atoms with van der Waals surface area (Å²) in [5.41, 5.74) is 1.86. The standard InChI is InChI=1S/C17H23N3O4S/c21-17(13-11-20(12-13)25(22,23)16-5-6-16)18-14-1-3-15(4-2-14)19-7-9-24-10-8-19/h1-4,13,16H,5-12H2,(H,18,21). The van der Waals surface area contributed by atoms with Crippen molar-refractivity contribution >= 4 is 27.3 Å². The van der Waals surface area contributed by atoms with Crippen LogP contribution in [0.3, 0.4) is 0 Å². The van der Waals surface area contributed by atoms with Crippen LogP contribution >= 0.6 is 0 Å². The number of hydrogen-bond acceptors (Lipinski definition) is 5. The lowest BCUT2D eigenvalue weighted by Gasteiger charge is -2.37. The summed E-state index contributed by atoms with van der Waals surface area (Å²) in [6.07, 6.45) is 1.51. The second kappa shape index (κ2) is 6.59. The van der Waals surface area contributed by atoms with Crippen LogP contribution in [0.25, 0.3) is 0 Å².